The van der Waals surface area contributed by atoms with Crippen LogP contribution in [0.25, 0.3) is 0 Å². The quantitative estimate of drug-likeness (QED) is 0.155. The van der Waals surface area contributed by atoms with Crippen molar-refractivity contribution in [3.63, 3.8) is 0 Å². The van der Waals surface area contributed by atoms with Gasteiger partial charge in [0.25, 0.3) is 0 Å². The van der Waals surface area contributed by atoms with Crippen molar-refractivity contribution in [3.8, 4) is 0 Å². The van der Waals surface area contributed by atoms with Crippen molar-refractivity contribution < 1.29 is 70.2 Å². The van der Waals surface area contributed by atoms with Gasteiger partial charge < -0.3 is 40.1 Å². The van der Waals surface area contributed by atoms with E-state index in [0.29, 0.717) is 5.92 Å². The van der Waals surface area contributed by atoms with Gasteiger partial charge in [-0.2, -0.15) is 0 Å². The van der Waals surface area contributed by atoms with Crippen LogP contribution < -0.4 is 54.9 Å². The Morgan fingerprint density at radius 1 is 0.812 bits per heavy atom. The molecule has 0 aromatic rings. The van der Waals surface area contributed by atoms with Crippen LogP contribution in [0.2, 0.25) is 0 Å². The first kappa shape index (κ1) is 63.9. The maximum absolute atomic E-state index is 10.6. The van der Waals surface area contributed by atoms with E-state index in [1.54, 1.807) is 13.8 Å². The summed E-state index contributed by atoms with van der Waals surface area (Å²) in [5.74, 6) is -0.708. The summed E-state index contributed by atoms with van der Waals surface area (Å²) >= 11 is 0. The fourth-order valence-electron chi connectivity index (χ4n) is 0.904. The van der Waals surface area contributed by atoms with Crippen LogP contribution in [0.4, 0.5) is 0 Å². The summed E-state index contributed by atoms with van der Waals surface area (Å²) in [7, 11) is 2.34. The zero-order chi connectivity index (χ0) is 22.0. The molecule has 0 saturated heterocycles. The number of carbonyl (C=O) groups excluding carboxylic acids is 1. The second-order valence-corrected chi connectivity index (χ2v) is 6.49. The number of nitrogens with two attached hydrogens (primary N) is 3. The largest absolute Gasteiger partial charge is 1.00 e. The van der Waals surface area contributed by atoms with E-state index in [1.807, 2.05) is 27.7 Å². The van der Waals surface area contributed by atoms with Crippen molar-refractivity contribution in [3.05, 3.63) is 0 Å². The Kier molecular flexibility index (Phi) is 84.2. The summed E-state index contributed by atoms with van der Waals surface area (Å²) in [5, 5.41) is 23.6. The molecule has 0 saturated carbocycles. The molecule has 9 N–H and O–H groups in total. The predicted molar refractivity (Wildman–Crippen MR) is 139 cm³/mol. The van der Waals surface area contributed by atoms with Crippen LogP contribution in [0.15, 0.2) is 0 Å². The molecule has 0 aliphatic carbocycles. The van der Waals surface area contributed by atoms with Gasteiger partial charge in [0.15, 0.2) is 34.7 Å². The van der Waals surface area contributed by atoms with Crippen molar-refractivity contribution in [2.45, 2.75) is 74.5 Å². The fraction of sp³-hybridized carbons (Fsp3) is 0.895. The van der Waals surface area contributed by atoms with Gasteiger partial charge in [0.2, 0.25) is 0 Å². The van der Waals surface area contributed by atoms with Crippen molar-refractivity contribution >= 4 is 46.7 Å². The number of esters is 1. The number of ether oxygens (including phenoxy) is 1. The molecule has 3 atom stereocenters. The molecular formula is C19H57Al2Li2N3O6. The van der Waals surface area contributed by atoms with Crippen molar-refractivity contribution in [2.24, 2.45) is 35.0 Å². The van der Waals surface area contributed by atoms with Gasteiger partial charge in [0.05, 0.1) is 13.7 Å². The van der Waals surface area contributed by atoms with Gasteiger partial charge in [0, 0.05) is 13.2 Å². The Balaban J connectivity index is -0.0000000185. The summed E-state index contributed by atoms with van der Waals surface area (Å²) in [6.07, 6.45) is 0. The standard InChI is InChI=1S/C6H13NO2.C5H11NO2.C5H13NO.CH4O.2CH4.2Al.2Li.8H/c1-4(2)5(7)6(8)9-3;1-3(2)4(6)5(7)8;1-4(2)5(6)3-7;1-2;;;;;;;;;;;;;;/h4-5H,7H2,1-3H3;3-4H,6H2,1-2H3,(H,7,8);4-5,7H,3,6H2,1-2H3;2H,1H3;2*1H4;;;;;;;;;;;;/q;;;;;;;;2*+1;;;;;;;2*-1/t5-;4-;5-;;;;;;;;;;;;;;;/m001.............../s1. The van der Waals surface area contributed by atoms with Crippen LogP contribution in [-0.2, 0) is 14.3 Å². The molecule has 0 spiro atoms. The molecule has 0 aliphatic rings. The molecule has 0 heterocycles. The zero-order valence-electron chi connectivity index (χ0n) is 21.5. The Labute approximate surface area is 245 Å². The van der Waals surface area contributed by atoms with E-state index >= 15 is 0 Å². The summed E-state index contributed by atoms with van der Waals surface area (Å²) in [6.45, 7) is 11.4. The van der Waals surface area contributed by atoms with E-state index in [-0.39, 0.29) is 121 Å². The molecule has 32 heavy (non-hydrogen) atoms. The first-order chi connectivity index (χ1) is 11.8. The number of carbonyl (C=O) groups is 2. The average molecular weight is 492 g/mol. The maximum Gasteiger partial charge on any atom is 1.00 e. The Morgan fingerprint density at radius 3 is 1.12 bits per heavy atom. The van der Waals surface area contributed by atoms with Crippen molar-refractivity contribution in [1.29, 1.82) is 0 Å². The number of aliphatic hydroxyl groups excluding tert-OH is 2. The van der Waals surface area contributed by atoms with Crippen LogP contribution in [0.1, 0.15) is 59.2 Å². The number of hydrogen-bond acceptors (Lipinski definition) is 8. The molecule has 0 amide bonds. The van der Waals surface area contributed by atoms with E-state index < -0.39 is 18.1 Å². The number of hydrogen-bond donors (Lipinski definition) is 6. The van der Waals surface area contributed by atoms with Crippen molar-refractivity contribution in [1.82, 2.24) is 0 Å². The average Bonchev–Trinajstić information content (AvgIpc) is 2.61. The first-order valence-corrected chi connectivity index (χ1v) is 8.46. The topological polar surface area (TPSA) is 182 Å². The Bertz CT molecular complexity index is 372. The molecule has 192 valence electrons. The van der Waals surface area contributed by atoms with Crippen molar-refractivity contribution in [2.75, 3.05) is 20.8 Å². The monoisotopic (exact) mass is 491 g/mol. The summed E-state index contributed by atoms with van der Waals surface area (Å²) in [5.41, 5.74) is 15.9. The van der Waals surface area contributed by atoms with Gasteiger partial charge >= 0.3 is 49.7 Å². The van der Waals surface area contributed by atoms with Gasteiger partial charge in [-0.25, -0.2) is 0 Å². The molecule has 0 radical (unpaired) electrons. The molecule has 9 nitrogen and oxygen atoms in total. The smallest absolute Gasteiger partial charge is 1.00 e. The fourth-order valence-corrected chi connectivity index (χ4v) is 0.904. The molecule has 0 fully saturated rings. The number of aliphatic carboxylic acids is 1. The van der Waals surface area contributed by atoms with Gasteiger partial charge in [-0.05, 0) is 17.8 Å². The van der Waals surface area contributed by atoms with E-state index in [1.165, 1.54) is 7.11 Å². The molecule has 0 rings (SSSR count). The Hall–Kier alpha value is 1.000. The SMILES string of the molecule is C.C.CC(C)[C@H](N)C(=O)O.CC(C)[C@H](N)CO.CO.COC(=O)[C@@H](N)C(C)C.[AlH3].[AlH3].[H-].[H-].[Li+].[Li+]. The number of carboxylic acid groups (broad SMARTS) is 1. The maximum atomic E-state index is 10.6. The van der Waals surface area contributed by atoms with Crippen LogP contribution >= 0.6 is 0 Å². The van der Waals surface area contributed by atoms with E-state index in [0.717, 1.165) is 7.11 Å². The molecule has 0 aromatic carbocycles. The summed E-state index contributed by atoms with van der Waals surface area (Å²) in [6, 6.07) is -1.23. The third kappa shape index (κ3) is 44.6. The van der Waals surface area contributed by atoms with Gasteiger partial charge in [0.1, 0.15) is 12.1 Å². The third-order valence-corrected chi connectivity index (χ3v) is 3.26. The molecule has 0 aromatic heterocycles. The minimum Gasteiger partial charge on any atom is -1.00 e. The van der Waals surface area contributed by atoms with Crippen LogP contribution in [0.3, 0.4) is 0 Å². The number of rotatable bonds is 6. The van der Waals surface area contributed by atoms with Crippen LogP contribution in [0, 0.1) is 17.8 Å². The van der Waals surface area contributed by atoms with Gasteiger partial charge in [-0.15, -0.1) is 0 Å². The third-order valence-electron chi connectivity index (χ3n) is 3.26. The molecular weight excluding hydrogens is 434 g/mol. The summed E-state index contributed by atoms with van der Waals surface area (Å²) < 4.78 is 4.41. The number of methoxy groups -OCH3 is 1. The Morgan fingerprint density at radius 2 is 1.09 bits per heavy atom. The van der Waals surface area contributed by atoms with Gasteiger partial charge in [-0.3, -0.25) is 9.59 Å². The van der Waals surface area contributed by atoms with Gasteiger partial charge in [-0.1, -0.05) is 56.4 Å². The molecule has 0 bridgehead atoms. The van der Waals surface area contributed by atoms with E-state index in [9.17, 15) is 9.59 Å². The number of carboxylic acids is 1. The zero-order valence-corrected chi connectivity index (χ0v) is 19.5. The normalized spacial score (nSPS) is 10.8. The van der Waals surface area contributed by atoms with E-state index in [4.69, 9.17) is 32.5 Å². The molecule has 13 heteroatoms. The minimum absolute atomic E-state index is 0. The van der Waals surface area contributed by atoms with E-state index in [2.05, 4.69) is 4.74 Å². The molecule has 0 unspecified atom stereocenters. The van der Waals surface area contributed by atoms with Crippen LogP contribution in [0.5, 0.6) is 0 Å². The predicted octanol–water partition coefficient (Wildman–Crippen LogP) is -7.10. The second kappa shape index (κ2) is 42.2. The number of aliphatic hydroxyl groups is 2. The van der Waals surface area contributed by atoms with Crippen LogP contribution in [-0.4, -0.2) is 101 Å². The second-order valence-electron chi connectivity index (χ2n) is 6.49. The summed E-state index contributed by atoms with van der Waals surface area (Å²) in [4.78, 5) is 20.6. The molecule has 0 aliphatic heterocycles. The minimum atomic E-state index is -0.931. The first-order valence-electron chi connectivity index (χ1n) is 8.46.